The van der Waals surface area contributed by atoms with E-state index in [0.29, 0.717) is 0 Å². The van der Waals surface area contributed by atoms with Crippen LogP contribution in [0.1, 0.15) is 32.3 Å². The van der Waals surface area contributed by atoms with E-state index in [9.17, 15) is 0 Å². The Morgan fingerprint density at radius 1 is 1.33 bits per heavy atom. The van der Waals surface area contributed by atoms with Crippen molar-refractivity contribution in [1.29, 1.82) is 0 Å². The summed E-state index contributed by atoms with van der Waals surface area (Å²) < 4.78 is 5.44. The Balaban J connectivity index is 2.00. The van der Waals surface area contributed by atoms with Crippen LogP contribution in [0.5, 0.6) is 5.75 Å². The second kappa shape index (κ2) is 4.90. The highest BCUT2D eigenvalue weighted by atomic mass is 16.5. The molecule has 100 valence electrons. The Hall–Kier alpha value is -1.06. The molecule has 0 amide bonds. The maximum Gasteiger partial charge on any atom is 0.122 e. The summed E-state index contributed by atoms with van der Waals surface area (Å²) in [5, 5.41) is 3.50. The predicted octanol–water partition coefficient (Wildman–Crippen LogP) is 2.05. The zero-order valence-electron chi connectivity index (χ0n) is 11.6. The molecule has 3 heteroatoms. The minimum absolute atomic E-state index is 0.0395. The van der Waals surface area contributed by atoms with E-state index in [1.165, 1.54) is 5.56 Å². The first-order valence-electron chi connectivity index (χ1n) is 6.60. The normalized spacial score (nSPS) is 17.6. The third-order valence-corrected chi connectivity index (χ3v) is 3.77. The minimum Gasteiger partial charge on any atom is -0.496 e. The molecule has 1 aromatic rings. The van der Waals surface area contributed by atoms with Crippen LogP contribution in [0.15, 0.2) is 24.3 Å². The topological polar surface area (TPSA) is 47.3 Å². The predicted molar refractivity (Wildman–Crippen MR) is 75.0 cm³/mol. The second-order valence-electron chi connectivity index (χ2n) is 6.05. The van der Waals surface area contributed by atoms with Crippen LogP contribution >= 0.6 is 0 Å². The number of ether oxygens (including phenoxy) is 1. The van der Waals surface area contributed by atoms with Crippen molar-refractivity contribution in [2.75, 3.05) is 20.2 Å². The van der Waals surface area contributed by atoms with Crippen molar-refractivity contribution < 1.29 is 4.74 Å². The summed E-state index contributed by atoms with van der Waals surface area (Å²) in [5.41, 5.74) is 7.43. The molecule has 3 nitrogen and oxygen atoms in total. The summed E-state index contributed by atoms with van der Waals surface area (Å²) in [6.45, 7) is 6.28. The van der Waals surface area contributed by atoms with Crippen LogP contribution in [0, 0.1) is 0 Å². The van der Waals surface area contributed by atoms with Crippen molar-refractivity contribution in [2.45, 2.75) is 37.6 Å². The van der Waals surface area contributed by atoms with Gasteiger partial charge in [-0.3, -0.25) is 0 Å². The SMILES string of the molecule is COc1ccccc1C(C)(C)CNCC1(N)CC1. The van der Waals surface area contributed by atoms with Crippen LogP contribution in [0.4, 0.5) is 0 Å². The molecule has 0 heterocycles. The number of hydrogen-bond donors (Lipinski definition) is 2. The van der Waals surface area contributed by atoms with Gasteiger partial charge in [0.15, 0.2) is 0 Å². The molecule has 0 radical (unpaired) electrons. The number of rotatable bonds is 6. The van der Waals surface area contributed by atoms with Gasteiger partial charge in [0.05, 0.1) is 7.11 Å². The van der Waals surface area contributed by atoms with E-state index in [1.807, 2.05) is 12.1 Å². The summed E-state index contributed by atoms with van der Waals surface area (Å²) in [6.07, 6.45) is 2.30. The zero-order chi connectivity index (χ0) is 13.2. The monoisotopic (exact) mass is 248 g/mol. The Morgan fingerprint density at radius 2 is 2.00 bits per heavy atom. The van der Waals surface area contributed by atoms with Gasteiger partial charge in [-0.25, -0.2) is 0 Å². The van der Waals surface area contributed by atoms with Crippen LogP contribution in [0.25, 0.3) is 0 Å². The fraction of sp³-hybridized carbons (Fsp3) is 0.600. The van der Waals surface area contributed by atoms with Crippen LogP contribution in [-0.2, 0) is 5.41 Å². The number of hydrogen-bond acceptors (Lipinski definition) is 3. The smallest absolute Gasteiger partial charge is 0.122 e. The molecule has 2 rings (SSSR count). The fourth-order valence-corrected chi connectivity index (χ4v) is 2.26. The lowest BCUT2D eigenvalue weighted by Gasteiger charge is -2.28. The Kier molecular flexibility index (Phi) is 3.64. The van der Waals surface area contributed by atoms with E-state index in [1.54, 1.807) is 7.11 Å². The third-order valence-electron chi connectivity index (χ3n) is 3.77. The largest absolute Gasteiger partial charge is 0.496 e. The Morgan fingerprint density at radius 3 is 2.61 bits per heavy atom. The van der Waals surface area contributed by atoms with Gasteiger partial charge in [0.2, 0.25) is 0 Å². The minimum atomic E-state index is 0.0395. The second-order valence-corrected chi connectivity index (χ2v) is 6.05. The molecule has 1 aliphatic rings. The van der Waals surface area contributed by atoms with Crippen molar-refractivity contribution in [1.82, 2.24) is 5.32 Å². The van der Waals surface area contributed by atoms with Gasteiger partial charge in [0.1, 0.15) is 5.75 Å². The van der Waals surface area contributed by atoms with E-state index in [0.717, 1.165) is 31.7 Å². The summed E-state index contributed by atoms with van der Waals surface area (Å²) in [6, 6.07) is 8.22. The Labute approximate surface area is 110 Å². The number of benzene rings is 1. The zero-order valence-corrected chi connectivity index (χ0v) is 11.6. The van der Waals surface area contributed by atoms with Crippen molar-refractivity contribution in [3.8, 4) is 5.75 Å². The molecule has 18 heavy (non-hydrogen) atoms. The van der Waals surface area contributed by atoms with Crippen molar-refractivity contribution in [3.63, 3.8) is 0 Å². The van der Waals surface area contributed by atoms with E-state index in [2.05, 4.69) is 31.3 Å². The molecule has 0 atom stereocenters. The maximum atomic E-state index is 6.08. The van der Waals surface area contributed by atoms with Gasteiger partial charge in [0.25, 0.3) is 0 Å². The third kappa shape index (κ3) is 3.03. The molecule has 0 spiro atoms. The van der Waals surface area contributed by atoms with Crippen LogP contribution < -0.4 is 15.8 Å². The average Bonchev–Trinajstić information content (AvgIpc) is 3.07. The summed E-state index contributed by atoms with van der Waals surface area (Å²) >= 11 is 0. The van der Waals surface area contributed by atoms with Gasteiger partial charge in [-0.1, -0.05) is 32.0 Å². The fourth-order valence-electron chi connectivity index (χ4n) is 2.26. The molecule has 1 saturated carbocycles. The van der Waals surface area contributed by atoms with Gasteiger partial charge in [0, 0.05) is 29.6 Å². The van der Waals surface area contributed by atoms with Gasteiger partial charge >= 0.3 is 0 Å². The van der Waals surface area contributed by atoms with E-state index in [4.69, 9.17) is 10.5 Å². The molecule has 0 aliphatic heterocycles. The number of para-hydroxylation sites is 1. The molecular weight excluding hydrogens is 224 g/mol. The lowest BCUT2D eigenvalue weighted by atomic mass is 9.84. The first-order chi connectivity index (χ1) is 8.47. The molecule has 0 bridgehead atoms. The van der Waals surface area contributed by atoms with Gasteiger partial charge in [-0.05, 0) is 18.9 Å². The number of nitrogens with two attached hydrogens (primary N) is 1. The van der Waals surface area contributed by atoms with Crippen LogP contribution in [-0.4, -0.2) is 25.7 Å². The molecule has 1 aromatic carbocycles. The lowest BCUT2D eigenvalue weighted by molar-refractivity contribution is 0.383. The summed E-state index contributed by atoms with van der Waals surface area (Å²) in [5.74, 6) is 0.957. The van der Waals surface area contributed by atoms with E-state index in [-0.39, 0.29) is 11.0 Å². The maximum absolute atomic E-state index is 6.08. The number of nitrogens with one attached hydrogen (secondary N) is 1. The molecule has 0 aromatic heterocycles. The molecule has 3 N–H and O–H groups in total. The highest BCUT2D eigenvalue weighted by molar-refractivity contribution is 5.39. The van der Waals surface area contributed by atoms with Gasteiger partial charge in [-0.15, -0.1) is 0 Å². The lowest BCUT2D eigenvalue weighted by Crippen LogP contribution is -2.41. The van der Waals surface area contributed by atoms with E-state index < -0.39 is 0 Å². The van der Waals surface area contributed by atoms with Gasteiger partial charge in [-0.2, -0.15) is 0 Å². The van der Waals surface area contributed by atoms with Crippen molar-refractivity contribution >= 4 is 0 Å². The first kappa shape index (κ1) is 13.4. The highest BCUT2D eigenvalue weighted by Gasteiger charge is 2.38. The van der Waals surface area contributed by atoms with Crippen LogP contribution in [0.2, 0.25) is 0 Å². The molecule has 1 aliphatic carbocycles. The standard InChI is InChI=1S/C15H24N2O/c1-14(2,10-17-11-15(16)8-9-15)12-6-4-5-7-13(12)18-3/h4-7,17H,8-11,16H2,1-3H3. The quantitative estimate of drug-likeness (QED) is 0.810. The highest BCUT2D eigenvalue weighted by Crippen LogP contribution is 2.33. The van der Waals surface area contributed by atoms with Crippen molar-refractivity contribution in [3.05, 3.63) is 29.8 Å². The van der Waals surface area contributed by atoms with Crippen molar-refractivity contribution in [2.24, 2.45) is 5.73 Å². The molecule has 0 saturated heterocycles. The first-order valence-corrected chi connectivity index (χ1v) is 6.60. The van der Waals surface area contributed by atoms with Gasteiger partial charge < -0.3 is 15.8 Å². The summed E-state index contributed by atoms with van der Waals surface area (Å²) in [4.78, 5) is 0. The molecule has 1 fully saturated rings. The number of methoxy groups -OCH3 is 1. The summed E-state index contributed by atoms with van der Waals surface area (Å²) in [7, 11) is 1.72. The average molecular weight is 248 g/mol. The van der Waals surface area contributed by atoms with E-state index >= 15 is 0 Å². The molecule has 0 unspecified atom stereocenters. The van der Waals surface area contributed by atoms with Crippen LogP contribution in [0.3, 0.4) is 0 Å². The molecular formula is C15H24N2O. The Bertz CT molecular complexity index is 411.